The summed E-state index contributed by atoms with van der Waals surface area (Å²) >= 11 is 0. The Morgan fingerprint density at radius 2 is 0.838 bits per heavy atom. The molecule has 2 aromatic rings. The second kappa shape index (κ2) is 12.5. The van der Waals surface area contributed by atoms with Crippen molar-refractivity contribution in [2.24, 2.45) is 22.9 Å². The second-order valence-corrected chi connectivity index (χ2v) is 5.99. The van der Waals surface area contributed by atoms with Crippen molar-refractivity contribution >= 4 is 36.6 Å². The molecule has 0 unspecified atom stereocenters. The molecule has 0 saturated carbocycles. The van der Waals surface area contributed by atoms with Crippen LogP contribution >= 0.6 is 0 Å². The lowest BCUT2D eigenvalue weighted by molar-refractivity contribution is -0.0153. The molecular weight excluding hydrogens is 508 g/mol. The fourth-order valence-corrected chi connectivity index (χ4v) is 2.23. The van der Waals surface area contributed by atoms with Gasteiger partial charge in [-0.15, -0.1) is 4.94 Å². The van der Waals surface area contributed by atoms with E-state index in [4.69, 9.17) is 32.4 Å². The van der Waals surface area contributed by atoms with Crippen molar-refractivity contribution < 1.29 is 62.1 Å². The third-order valence-corrected chi connectivity index (χ3v) is 3.36. The van der Waals surface area contributed by atoms with Crippen molar-refractivity contribution in [2.45, 2.75) is 0 Å². The monoisotopic (exact) mass is 524 g/mol. The summed E-state index contributed by atoms with van der Waals surface area (Å²) in [5, 5.41) is 0. The zero-order valence-electron chi connectivity index (χ0n) is 18.1. The van der Waals surface area contributed by atoms with Gasteiger partial charge in [-0.3, -0.25) is 0 Å². The van der Waals surface area contributed by atoms with Crippen LogP contribution in [0.3, 0.4) is 0 Å². The molecule has 19 nitrogen and oxygen atoms in total. The fourth-order valence-electron chi connectivity index (χ4n) is 2.23. The predicted octanol–water partition coefficient (Wildman–Crippen LogP) is 0.240. The van der Waals surface area contributed by atoms with Crippen LogP contribution in [0.2, 0.25) is 0 Å². The van der Waals surface area contributed by atoms with Gasteiger partial charge in [0.25, 0.3) is 0 Å². The first-order valence-electron chi connectivity index (χ1n) is 9.21. The number of hydrogen-bond acceptors (Lipinski definition) is 13. The third kappa shape index (κ3) is 9.42. The molecule has 0 radical (unpaired) electrons. The maximum atomic E-state index is 11.9. The summed E-state index contributed by atoms with van der Waals surface area (Å²) in [6.45, 7) is 0. The Morgan fingerprint density at radius 3 is 1.16 bits per heavy atom. The summed E-state index contributed by atoms with van der Waals surface area (Å²) in [6.07, 6.45) is -7.66. The van der Waals surface area contributed by atoms with Gasteiger partial charge >= 0.3 is 36.6 Å². The second-order valence-electron chi connectivity index (χ2n) is 5.99. The number of hydrogen-bond donors (Lipinski definition) is 6. The fraction of sp³-hybridized carbons (Fsp3) is 0. The lowest BCUT2D eigenvalue weighted by Crippen LogP contribution is -2.37. The number of benzene rings is 2. The van der Waals surface area contributed by atoms with Gasteiger partial charge < -0.3 is 51.4 Å². The SMILES string of the molecule is NC(=O)Oc1ccc(OC(=O)NONC(=O)Oc2ccc(OC(N)=O)cc2OC(N)=O)c(OC(N)=O)c1. The molecule has 37 heavy (non-hydrogen) atoms. The highest BCUT2D eigenvalue weighted by Gasteiger charge is 2.17. The molecule has 2 aromatic carbocycles. The van der Waals surface area contributed by atoms with E-state index in [1.807, 2.05) is 0 Å². The van der Waals surface area contributed by atoms with Crippen molar-refractivity contribution in [1.82, 2.24) is 11.0 Å². The third-order valence-electron chi connectivity index (χ3n) is 3.36. The summed E-state index contributed by atoms with van der Waals surface area (Å²) < 4.78 is 28.1. The van der Waals surface area contributed by atoms with E-state index < -0.39 is 59.6 Å². The Morgan fingerprint density at radius 1 is 0.486 bits per heavy atom. The van der Waals surface area contributed by atoms with Crippen LogP contribution in [0.4, 0.5) is 28.8 Å². The first-order chi connectivity index (χ1) is 17.4. The molecule has 0 fully saturated rings. The van der Waals surface area contributed by atoms with Crippen LogP contribution in [-0.2, 0) is 4.94 Å². The highest BCUT2D eigenvalue weighted by atomic mass is 16.8. The largest absolute Gasteiger partial charge is 0.438 e. The van der Waals surface area contributed by atoms with Gasteiger partial charge in [0.05, 0.1) is 0 Å². The number of amides is 6. The van der Waals surface area contributed by atoms with Gasteiger partial charge in [0.1, 0.15) is 11.5 Å². The van der Waals surface area contributed by atoms with E-state index >= 15 is 0 Å². The number of primary amides is 4. The van der Waals surface area contributed by atoms with Crippen LogP contribution in [0.25, 0.3) is 0 Å². The molecule has 0 heterocycles. The predicted molar refractivity (Wildman–Crippen MR) is 113 cm³/mol. The van der Waals surface area contributed by atoms with Gasteiger partial charge in [-0.25, -0.2) is 28.8 Å². The molecular formula is C18H16N6O13. The number of nitrogens with two attached hydrogens (primary N) is 4. The van der Waals surface area contributed by atoms with Gasteiger partial charge in [0.2, 0.25) is 0 Å². The van der Waals surface area contributed by atoms with Crippen molar-refractivity contribution in [2.75, 3.05) is 0 Å². The van der Waals surface area contributed by atoms with E-state index in [9.17, 15) is 28.8 Å². The Labute approximate surface area is 204 Å². The average molecular weight is 524 g/mol. The molecule has 0 aliphatic carbocycles. The van der Waals surface area contributed by atoms with Crippen LogP contribution in [-0.4, -0.2) is 36.6 Å². The number of carbonyl (C=O) groups excluding carboxylic acids is 6. The first-order valence-corrected chi connectivity index (χ1v) is 9.21. The van der Waals surface area contributed by atoms with E-state index in [0.29, 0.717) is 0 Å². The van der Waals surface area contributed by atoms with Crippen LogP contribution in [0.1, 0.15) is 0 Å². The summed E-state index contributed by atoms with van der Waals surface area (Å²) in [6, 6.07) is 6.26. The summed E-state index contributed by atoms with van der Waals surface area (Å²) in [5.41, 5.74) is 22.8. The zero-order chi connectivity index (χ0) is 27.5. The molecule has 0 saturated heterocycles. The average Bonchev–Trinajstić information content (AvgIpc) is 2.76. The molecule has 0 spiro atoms. The molecule has 6 amide bonds. The van der Waals surface area contributed by atoms with Crippen molar-refractivity contribution in [1.29, 1.82) is 0 Å². The van der Waals surface area contributed by atoms with Gasteiger partial charge in [0.15, 0.2) is 23.0 Å². The molecule has 0 aromatic heterocycles. The standard InChI is InChI=1S/C18H16N6O13/c19-13(25)31-7-1-3-9(11(5-7)33-15(21)27)35-17(29)23-37-24-18(30)36-10-4-2-8(32-14(20)26)6-12(10)34-16(22)28/h1-6H,(H2,19,25)(H2,20,26)(H2,21,27)(H2,22,28)(H,23,29)(H,24,30). The number of nitrogens with one attached hydrogen (secondary N) is 2. The number of ether oxygens (including phenoxy) is 6. The van der Waals surface area contributed by atoms with E-state index in [-0.39, 0.29) is 11.5 Å². The molecule has 19 heteroatoms. The van der Waals surface area contributed by atoms with E-state index in [1.54, 1.807) is 11.0 Å². The van der Waals surface area contributed by atoms with Gasteiger partial charge in [-0.1, -0.05) is 0 Å². The van der Waals surface area contributed by atoms with Crippen LogP contribution < -0.4 is 62.3 Å². The molecule has 0 aliphatic heterocycles. The van der Waals surface area contributed by atoms with Crippen molar-refractivity contribution in [3.63, 3.8) is 0 Å². The van der Waals surface area contributed by atoms with Crippen molar-refractivity contribution in [3.8, 4) is 34.5 Å². The summed E-state index contributed by atoms with van der Waals surface area (Å²) in [4.78, 5) is 72.0. The maximum absolute atomic E-state index is 11.9. The topological polar surface area (TPSA) is 295 Å². The van der Waals surface area contributed by atoms with Crippen LogP contribution in [0.5, 0.6) is 34.5 Å². The van der Waals surface area contributed by atoms with Gasteiger partial charge in [-0.05, 0) is 24.3 Å². The zero-order valence-corrected chi connectivity index (χ0v) is 18.1. The molecule has 0 atom stereocenters. The Kier molecular flexibility index (Phi) is 9.19. The normalized spacial score (nSPS) is 9.73. The number of carbonyl (C=O) groups is 6. The molecule has 0 aliphatic rings. The minimum atomic E-state index is -1.36. The maximum Gasteiger partial charge on any atom is 0.438 e. The minimum absolute atomic E-state index is 0.175. The van der Waals surface area contributed by atoms with E-state index in [0.717, 1.165) is 36.4 Å². The molecule has 0 bridgehead atoms. The van der Waals surface area contributed by atoms with Crippen LogP contribution in [0, 0.1) is 0 Å². The summed E-state index contributed by atoms with van der Waals surface area (Å²) in [5.74, 6) is -2.03. The lowest BCUT2D eigenvalue weighted by Gasteiger charge is -2.12. The van der Waals surface area contributed by atoms with E-state index in [1.165, 1.54) is 0 Å². The number of hydroxylamine groups is 2. The number of rotatable bonds is 8. The van der Waals surface area contributed by atoms with Crippen LogP contribution in [0.15, 0.2) is 36.4 Å². The molecule has 10 N–H and O–H groups in total. The highest BCUT2D eigenvalue weighted by molar-refractivity contribution is 5.76. The Balaban J connectivity index is 1.97. The van der Waals surface area contributed by atoms with Gasteiger partial charge in [-0.2, -0.15) is 11.0 Å². The first kappa shape index (κ1) is 27.3. The van der Waals surface area contributed by atoms with Crippen molar-refractivity contribution in [3.05, 3.63) is 36.4 Å². The minimum Gasteiger partial charge on any atom is -0.410 e. The van der Waals surface area contributed by atoms with Gasteiger partial charge in [0, 0.05) is 12.1 Å². The quantitative estimate of drug-likeness (QED) is 0.252. The Bertz CT molecular complexity index is 1140. The smallest absolute Gasteiger partial charge is 0.410 e. The molecule has 196 valence electrons. The molecule has 2 rings (SSSR count). The summed E-state index contributed by atoms with van der Waals surface area (Å²) in [7, 11) is 0. The lowest BCUT2D eigenvalue weighted by atomic mass is 10.3. The van der Waals surface area contributed by atoms with E-state index in [2.05, 4.69) is 23.9 Å². The highest BCUT2D eigenvalue weighted by Crippen LogP contribution is 2.33. The Hall–Kier alpha value is -5.98.